The number of aryl methyl sites for hydroxylation is 1. The predicted octanol–water partition coefficient (Wildman–Crippen LogP) is 3.42. The van der Waals surface area contributed by atoms with Gasteiger partial charge in [-0.25, -0.2) is 4.98 Å². The zero-order valence-corrected chi connectivity index (χ0v) is 12.1. The van der Waals surface area contributed by atoms with Crippen molar-refractivity contribution in [2.24, 2.45) is 0 Å². The Balaban J connectivity index is 1.99. The molecular formula is C15H18N2OS. The average molecular weight is 274 g/mol. The average Bonchev–Trinajstić information content (AvgIpc) is 2.91. The molecule has 1 aliphatic carbocycles. The SMILES string of the molecule is CNC1CCCc2nc(-c3cccc(OC)c3)sc21. The number of rotatable bonds is 3. The van der Waals surface area contributed by atoms with Crippen LogP contribution < -0.4 is 10.1 Å². The summed E-state index contributed by atoms with van der Waals surface area (Å²) in [5.74, 6) is 0.885. The number of nitrogens with one attached hydrogen (secondary N) is 1. The molecule has 1 N–H and O–H groups in total. The third-order valence-corrected chi connectivity index (χ3v) is 4.88. The van der Waals surface area contributed by atoms with Gasteiger partial charge in [0.1, 0.15) is 10.8 Å². The van der Waals surface area contributed by atoms with E-state index in [9.17, 15) is 0 Å². The van der Waals surface area contributed by atoms with Gasteiger partial charge in [0.25, 0.3) is 0 Å². The van der Waals surface area contributed by atoms with Crippen LogP contribution in [0.5, 0.6) is 5.75 Å². The van der Waals surface area contributed by atoms with Crippen LogP contribution in [0.3, 0.4) is 0 Å². The molecule has 1 aliphatic rings. The van der Waals surface area contributed by atoms with Crippen LogP contribution in [0.1, 0.15) is 29.5 Å². The molecule has 0 fully saturated rings. The third-order valence-electron chi connectivity index (χ3n) is 3.62. The summed E-state index contributed by atoms with van der Waals surface area (Å²) in [5, 5.41) is 4.50. The van der Waals surface area contributed by atoms with E-state index in [-0.39, 0.29) is 0 Å². The number of benzene rings is 1. The molecule has 0 bridgehead atoms. The summed E-state index contributed by atoms with van der Waals surface area (Å²) in [6.07, 6.45) is 3.54. The summed E-state index contributed by atoms with van der Waals surface area (Å²) in [5.41, 5.74) is 2.42. The maximum absolute atomic E-state index is 5.29. The molecule has 100 valence electrons. The maximum atomic E-state index is 5.29. The van der Waals surface area contributed by atoms with Gasteiger partial charge in [-0.1, -0.05) is 12.1 Å². The fraction of sp³-hybridized carbons (Fsp3) is 0.400. The molecule has 0 spiro atoms. The first-order valence-corrected chi connectivity index (χ1v) is 7.44. The lowest BCUT2D eigenvalue weighted by Gasteiger charge is -2.19. The number of nitrogens with zero attached hydrogens (tertiary/aromatic N) is 1. The fourth-order valence-corrected chi connectivity index (χ4v) is 3.83. The first kappa shape index (κ1) is 12.6. The Morgan fingerprint density at radius 1 is 1.42 bits per heavy atom. The maximum Gasteiger partial charge on any atom is 0.124 e. The van der Waals surface area contributed by atoms with E-state index in [2.05, 4.69) is 17.4 Å². The van der Waals surface area contributed by atoms with Crippen LogP contribution in [0.25, 0.3) is 10.6 Å². The van der Waals surface area contributed by atoms with Gasteiger partial charge in [-0.05, 0) is 38.4 Å². The zero-order chi connectivity index (χ0) is 13.2. The summed E-state index contributed by atoms with van der Waals surface area (Å²) in [6.45, 7) is 0. The second-order valence-electron chi connectivity index (χ2n) is 4.80. The van der Waals surface area contributed by atoms with Gasteiger partial charge in [0.05, 0.1) is 12.8 Å². The van der Waals surface area contributed by atoms with Crippen LogP contribution in [0.15, 0.2) is 24.3 Å². The number of hydrogen-bond donors (Lipinski definition) is 1. The number of hydrogen-bond acceptors (Lipinski definition) is 4. The van der Waals surface area contributed by atoms with Gasteiger partial charge < -0.3 is 10.1 Å². The lowest BCUT2D eigenvalue weighted by molar-refractivity contribution is 0.415. The number of fused-ring (bicyclic) bond motifs is 1. The molecule has 0 saturated carbocycles. The Kier molecular flexibility index (Phi) is 3.53. The molecule has 4 heteroatoms. The van der Waals surface area contributed by atoms with E-state index in [4.69, 9.17) is 9.72 Å². The summed E-state index contributed by atoms with van der Waals surface area (Å²) >= 11 is 1.81. The lowest BCUT2D eigenvalue weighted by atomic mass is 9.98. The van der Waals surface area contributed by atoms with E-state index in [1.807, 2.05) is 30.5 Å². The Hall–Kier alpha value is -1.39. The molecule has 1 aromatic carbocycles. The summed E-state index contributed by atoms with van der Waals surface area (Å²) in [7, 11) is 3.73. The molecule has 3 rings (SSSR count). The standard InChI is InChI=1S/C15H18N2OS/c1-16-12-7-4-8-13-14(12)19-15(17-13)10-5-3-6-11(9-10)18-2/h3,5-6,9,12,16H,4,7-8H2,1-2H3. The largest absolute Gasteiger partial charge is 0.497 e. The molecule has 1 heterocycles. The Morgan fingerprint density at radius 2 is 2.32 bits per heavy atom. The minimum absolute atomic E-state index is 0.473. The van der Waals surface area contributed by atoms with E-state index in [0.717, 1.165) is 22.7 Å². The normalized spacial score (nSPS) is 18.1. The summed E-state index contributed by atoms with van der Waals surface area (Å²) in [6, 6.07) is 8.61. The topological polar surface area (TPSA) is 34.2 Å². The van der Waals surface area contributed by atoms with Gasteiger partial charge in [0, 0.05) is 16.5 Å². The number of aromatic nitrogens is 1. The summed E-state index contributed by atoms with van der Waals surface area (Å²) < 4.78 is 5.29. The first-order valence-electron chi connectivity index (χ1n) is 6.63. The fourth-order valence-electron chi connectivity index (χ4n) is 2.57. The smallest absolute Gasteiger partial charge is 0.124 e. The van der Waals surface area contributed by atoms with E-state index in [1.165, 1.54) is 23.4 Å². The van der Waals surface area contributed by atoms with Gasteiger partial charge in [-0.15, -0.1) is 11.3 Å². The van der Waals surface area contributed by atoms with Gasteiger partial charge in [0.15, 0.2) is 0 Å². The predicted molar refractivity (Wildman–Crippen MR) is 78.8 cm³/mol. The highest BCUT2D eigenvalue weighted by Gasteiger charge is 2.23. The van der Waals surface area contributed by atoms with Crippen molar-refractivity contribution in [2.75, 3.05) is 14.2 Å². The second-order valence-corrected chi connectivity index (χ2v) is 5.83. The van der Waals surface area contributed by atoms with Gasteiger partial charge in [-0.2, -0.15) is 0 Å². The molecule has 1 atom stereocenters. The van der Waals surface area contributed by atoms with Crippen molar-refractivity contribution < 1.29 is 4.74 Å². The van der Waals surface area contributed by atoms with Crippen molar-refractivity contribution in [1.82, 2.24) is 10.3 Å². The van der Waals surface area contributed by atoms with Crippen LogP contribution in [0, 0.1) is 0 Å². The second kappa shape index (κ2) is 5.31. The quantitative estimate of drug-likeness (QED) is 0.931. The highest BCUT2D eigenvalue weighted by molar-refractivity contribution is 7.15. The van der Waals surface area contributed by atoms with Crippen molar-refractivity contribution >= 4 is 11.3 Å². The van der Waals surface area contributed by atoms with Crippen molar-refractivity contribution in [1.29, 1.82) is 0 Å². The van der Waals surface area contributed by atoms with Crippen molar-refractivity contribution in [3.8, 4) is 16.3 Å². The van der Waals surface area contributed by atoms with Crippen LogP contribution in [0.4, 0.5) is 0 Å². The van der Waals surface area contributed by atoms with Gasteiger partial charge >= 0.3 is 0 Å². The molecule has 2 aromatic rings. The number of thiazole rings is 1. The van der Waals surface area contributed by atoms with E-state index in [1.54, 1.807) is 7.11 Å². The molecule has 1 unspecified atom stereocenters. The molecule has 0 amide bonds. The van der Waals surface area contributed by atoms with Gasteiger partial charge in [0.2, 0.25) is 0 Å². The Bertz CT molecular complexity index is 579. The third kappa shape index (κ3) is 2.38. The Morgan fingerprint density at radius 3 is 3.11 bits per heavy atom. The molecule has 0 saturated heterocycles. The van der Waals surface area contributed by atoms with Crippen molar-refractivity contribution in [3.05, 3.63) is 34.8 Å². The minimum atomic E-state index is 0.473. The number of ether oxygens (including phenoxy) is 1. The molecule has 19 heavy (non-hydrogen) atoms. The molecule has 0 aliphatic heterocycles. The Labute approximate surface area is 117 Å². The van der Waals surface area contributed by atoms with E-state index in [0.29, 0.717) is 6.04 Å². The van der Waals surface area contributed by atoms with Crippen molar-refractivity contribution in [3.63, 3.8) is 0 Å². The molecule has 3 nitrogen and oxygen atoms in total. The van der Waals surface area contributed by atoms with Crippen molar-refractivity contribution in [2.45, 2.75) is 25.3 Å². The molecule has 1 aromatic heterocycles. The zero-order valence-electron chi connectivity index (χ0n) is 11.3. The van der Waals surface area contributed by atoms with Crippen LogP contribution in [0.2, 0.25) is 0 Å². The monoisotopic (exact) mass is 274 g/mol. The van der Waals surface area contributed by atoms with Gasteiger partial charge in [-0.3, -0.25) is 0 Å². The molecular weight excluding hydrogens is 256 g/mol. The highest BCUT2D eigenvalue weighted by atomic mass is 32.1. The van der Waals surface area contributed by atoms with E-state index >= 15 is 0 Å². The minimum Gasteiger partial charge on any atom is -0.497 e. The summed E-state index contributed by atoms with van der Waals surface area (Å²) in [4.78, 5) is 6.23. The number of methoxy groups -OCH3 is 1. The van der Waals surface area contributed by atoms with Crippen LogP contribution in [-0.2, 0) is 6.42 Å². The van der Waals surface area contributed by atoms with Crippen LogP contribution >= 0.6 is 11.3 Å². The highest BCUT2D eigenvalue weighted by Crippen LogP contribution is 2.38. The first-order chi connectivity index (χ1) is 9.31. The van der Waals surface area contributed by atoms with E-state index < -0.39 is 0 Å². The lowest BCUT2D eigenvalue weighted by Crippen LogP contribution is -2.19. The molecule has 0 radical (unpaired) electrons. The van der Waals surface area contributed by atoms with Crippen LogP contribution in [-0.4, -0.2) is 19.1 Å².